The largest absolute Gasteiger partial charge is 0.381 e. The number of halogens is 1. The quantitative estimate of drug-likeness (QED) is 0.811. The fourth-order valence-electron chi connectivity index (χ4n) is 2.06. The van der Waals surface area contributed by atoms with Crippen molar-refractivity contribution in [3.05, 3.63) is 22.8 Å². The molecule has 1 aromatic heterocycles. The first-order chi connectivity index (χ1) is 9.19. The van der Waals surface area contributed by atoms with E-state index >= 15 is 0 Å². The number of hydrogen-bond donors (Lipinski definition) is 2. The summed E-state index contributed by atoms with van der Waals surface area (Å²) in [6.07, 6.45) is 2.03. The van der Waals surface area contributed by atoms with Crippen molar-refractivity contribution in [3.8, 4) is 0 Å². The van der Waals surface area contributed by atoms with Crippen LogP contribution in [-0.2, 0) is 4.74 Å². The summed E-state index contributed by atoms with van der Waals surface area (Å²) in [6.45, 7) is 2.30. The zero-order valence-corrected chi connectivity index (χ0v) is 11.7. The molecule has 1 aliphatic heterocycles. The highest BCUT2D eigenvalue weighted by molar-refractivity contribution is 6.29. The number of amides is 1. The number of ether oxygens (including phenoxy) is 1. The van der Waals surface area contributed by atoms with E-state index < -0.39 is 0 Å². The van der Waals surface area contributed by atoms with Crippen LogP contribution in [-0.4, -0.2) is 37.7 Å². The summed E-state index contributed by atoms with van der Waals surface area (Å²) in [5.74, 6) is 1.02. The summed E-state index contributed by atoms with van der Waals surface area (Å²) in [7, 11) is 1.74. The van der Waals surface area contributed by atoms with E-state index in [0.29, 0.717) is 29.0 Å². The molecule has 5 nitrogen and oxygen atoms in total. The molecule has 0 aromatic carbocycles. The first-order valence-corrected chi connectivity index (χ1v) is 6.78. The molecule has 104 valence electrons. The van der Waals surface area contributed by atoms with E-state index in [1.807, 2.05) is 0 Å². The zero-order valence-electron chi connectivity index (χ0n) is 10.9. The second-order valence-corrected chi connectivity index (χ2v) is 4.98. The van der Waals surface area contributed by atoms with Gasteiger partial charge in [0, 0.05) is 32.4 Å². The van der Waals surface area contributed by atoms with Gasteiger partial charge in [0.1, 0.15) is 11.0 Å². The Labute approximate surface area is 117 Å². The van der Waals surface area contributed by atoms with Crippen molar-refractivity contribution in [3.63, 3.8) is 0 Å². The molecule has 19 heavy (non-hydrogen) atoms. The first-order valence-electron chi connectivity index (χ1n) is 6.40. The lowest BCUT2D eigenvalue weighted by Gasteiger charge is -2.09. The average Bonchev–Trinajstić information content (AvgIpc) is 2.91. The van der Waals surface area contributed by atoms with Crippen molar-refractivity contribution >= 4 is 23.3 Å². The van der Waals surface area contributed by atoms with Crippen LogP contribution < -0.4 is 10.6 Å². The molecule has 0 radical (unpaired) electrons. The Kier molecular flexibility index (Phi) is 4.99. The van der Waals surface area contributed by atoms with E-state index in [0.717, 1.165) is 26.1 Å². The van der Waals surface area contributed by atoms with Gasteiger partial charge in [-0.3, -0.25) is 4.79 Å². The Morgan fingerprint density at radius 2 is 2.42 bits per heavy atom. The molecule has 2 heterocycles. The Morgan fingerprint density at radius 3 is 3.11 bits per heavy atom. The molecule has 1 aliphatic rings. The highest BCUT2D eigenvalue weighted by atomic mass is 35.5. The summed E-state index contributed by atoms with van der Waals surface area (Å²) in [5.41, 5.74) is 0.520. The van der Waals surface area contributed by atoms with Gasteiger partial charge in [-0.25, -0.2) is 4.98 Å². The SMILES string of the molecule is CNc1cc(C(=O)NCCC2CCOC2)cc(Cl)n1. The second-order valence-electron chi connectivity index (χ2n) is 4.59. The minimum atomic E-state index is -0.125. The molecule has 1 amide bonds. The van der Waals surface area contributed by atoms with Crippen molar-refractivity contribution in [1.82, 2.24) is 10.3 Å². The van der Waals surface area contributed by atoms with Gasteiger partial charge in [0.05, 0.1) is 0 Å². The Balaban J connectivity index is 1.86. The van der Waals surface area contributed by atoms with Crippen LogP contribution >= 0.6 is 11.6 Å². The molecule has 0 aliphatic carbocycles. The van der Waals surface area contributed by atoms with Gasteiger partial charge in [0.25, 0.3) is 5.91 Å². The molecule has 1 aromatic rings. The third-order valence-electron chi connectivity index (χ3n) is 3.17. The number of rotatable bonds is 5. The minimum Gasteiger partial charge on any atom is -0.381 e. The van der Waals surface area contributed by atoms with Crippen molar-refractivity contribution < 1.29 is 9.53 Å². The highest BCUT2D eigenvalue weighted by Crippen LogP contribution is 2.16. The van der Waals surface area contributed by atoms with Crippen LogP contribution in [0.5, 0.6) is 0 Å². The molecular formula is C13H18ClN3O2. The van der Waals surface area contributed by atoms with Crippen molar-refractivity contribution in [1.29, 1.82) is 0 Å². The molecule has 6 heteroatoms. The molecule has 1 saturated heterocycles. The Bertz CT molecular complexity index is 448. The van der Waals surface area contributed by atoms with Crippen LogP contribution in [0.25, 0.3) is 0 Å². The van der Waals surface area contributed by atoms with E-state index in [2.05, 4.69) is 15.6 Å². The van der Waals surface area contributed by atoms with Crippen LogP contribution in [0.4, 0.5) is 5.82 Å². The van der Waals surface area contributed by atoms with Gasteiger partial charge < -0.3 is 15.4 Å². The van der Waals surface area contributed by atoms with E-state index in [9.17, 15) is 4.79 Å². The number of carbonyl (C=O) groups is 1. The number of pyridine rings is 1. The number of nitrogens with one attached hydrogen (secondary N) is 2. The van der Waals surface area contributed by atoms with Crippen LogP contribution in [0.3, 0.4) is 0 Å². The first kappa shape index (κ1) is 14.1. The van der Waals surface area contributed by atoms with Crippen LogP contribution in [0.2, 0.25) is 5.15 Å². The molecule has 0 spiro atoms. The second kappa shape index (κ2) is 6.73. The molecule has 1 atom stereocenters. The van der Waals surface area contributed by atoms with Gasteiger partial charge in [-0.15, -0.1) is 0 Å². The zero-order chi connectivity index (χ0) is 13.7. The summed E-state index contributed by atoms with van der Waals surface area (Å²) in [5, 5.41) is 6.07. The fourth-order valence-corrected chi connectivity index (χ4v) is 2.27. The molecule has 0 saturated carbocycles. The smallest absolute Gasteiger partial charge is 0.251 e. The monoisotopic (exact) mass is 283 g/mol. The third kappa shape index (κ3) is 4.08. The summed E-state index contributed by atoms with van der Waals surface area (Å²) in [6, 6.07) is 3.25. The van der Waals surface area contributed by atoms with Crippen molar-refractivity contribution in [2.45, 2.75) is 12.8 Å². The van der Waals surface area contributed by atoms with Crippen LogP contribution in [0.15, 0.2) is 12.1 Å². The molecule has 1 fully saturated rings. The predicted molar refractivity (Wildman–Crippen MR) is 74.7 cm³/mol. The lowest BCUT2D eigenvalue weighted by Crippen LogP contribution is -2.26. The lowest BCUT2D eigenvalue weighted by atomic mass is 10.1. The highest BCUT2D eigenvalue weighted by Gasteiger charge is 2.16. The maximum atomic E-state index is 12.0. The normalized spacial score (nSPS) is 18.3. The number of anilines is 1. The van der Waals surface area contributed by atoms with Gasteiger partial charge in [0.15, 0.2) is 0 Å². The van der Waals surface area contributed by atoms with Crippen molar-refractivity contribution in [2.24, 2.45) is 5.92 Å². The van der Waals surface area contributed by atoms with E-state index in [4.69, 9.17) is 16.3 Å². The lowest BCUT2D eigenvalue weighted by molar-refractivity contribution is 0.0950. The third-order valence-corrected chi connectivity index (χ3v) is 3.37. The van der Waals surface area contributed by atoms with Crippen molar-refractivity contribution in [2.75, 3.05) is 32.1 Å². The van der Waals surface area contributed by atoms with Gasteiger partial charge in [-0.2, -0.15) is 0 Å². The standard InChI is InChI=1S/C13H18ClN3O2/c1-15-12-7-10(6-11(14)17-12)13(18)16-4-2-9-3-5-19-8-9/h6-7,9H,2-5,8H2,1H3,(H,15,17)(H,16,18). The number of carbonyl (C=O) groups excluding carboxylic acids is 1. The summed E-state index contributed by atoms with van der Waals surface area (Å²) < 4.78 is 5.30. The Hall–Kier alpha value is -1.33. The topological polar surface area (TPSA) is 63.2 Å². The molecular weight excluding hydrogens is 266 g/mol. The molecule has 2 rings (SSSR count). The Morgan fingerprint density at radius 1 is 1.58 bits per heavy atom. The molecule has 1 unspecified atom stereocenters. The number of nitrogens with zero attached hydrogens (tertiary/aromatic N) is 1. The number of hydrogen-bond acceptors (Lipinski definition) is 4. The number of aromatic nitrogens is 1. The van der Waals surface area contributed by atoms with Gasteiger partial charge in [-0.05, 0) is 30.9 Å². The van der Waals surface area contributed by atoms with E-state index in [1.165, 1.54) is 0 Å². The van der Waals surface area contributed by atoms with Crippen LogP contribution in [0.1, 0.15) is 23.2 Å². The predicted octanol–water partition coefficient (Wildman–Crippen LogP) is 1.93. The summed E-state index contributed by atoms with van der Waals surface area (Å²) >= 11 is 5.86. The van der Waals surface area contributed by atoms with Crippen LogP contribution in [0, 0.1) is 5.92 Å². The van der Waals surface area contributed by atoms with Gasteiger partial charge in [-0.1, -0.05) is 11.6 Å². The molecule has 0 bridgehead atoms. The maximum Gasteiger partial charge on any atom is 0.251 e. The maximum absolute atomic E-state index is 12.0. The van der Waals surface area contributed by atoms with Gasteiger partial charge >= 0.3 is 0 Å². The average molecular weight is 284 g/mol. The minimum absolute atomic E-state index is 0.125. The van der Waals surface area contributed by atoms with E-state index in [1.54, 1.807) is 19.2 Å². The fraction of sp³-hybridized carbons (Fsp3) is 0.538. The van der Waals surface area contributed by atoms with E-state index in [-0.39, 0.29) is 5.91 Å². The summed E-state index contributed by atoms with van der Waals surface area (Å²) in [4.78, 5) is 16.0. The molecule has 2 N–H and O–H groups in total. The van der Waals surface area contributed by atoms with Gasteiger partial charge in [0.2, 0.25) is 0 Å².